The SMILES string of the molecule is CCN1CCN(Cc2cc3c(cn2)ncn3-c2cc(OC(C)c3ccccc3OC(F)F)c(C(N)=O)s2)CC1. The molecule has 1 saturated heterocycles. The minimum absolute atomic E-state index is 0.00724. The van der Waals surface area contributed by atoms with E-state index in [-0.39, 0.29) is 16.4 Å². The largest absolute Gasteiger partial charge is 0.484 e. The fourth-order valence-electron chi connectivity index (χ4n) is 4.72. The van der Waals surface area contributed by atoms with Gasteiger partial charge in [-0.1, -0.05) is 25.1 Å². The van der Waals surface area contributed by atoms with Crippen LogP contribution in [0.4, 0.5) is 8.78 Å². The highest BCUT2D eigenvalue weighted by Crippen LogP contribution is 2.37. The molecule has 1 unspecified atom stereocenters. The molecule has 1 atom stereocenters. The standard InChI is InChI=1S/C27H30F2N6O3S/c1-3-33-8-10-34(11-9-33)15-18-12-21-20(14-31-18)32-16-35(21)24-13-23(25(39-24)26(30)36)37-17(2)19-6-4-5-7-22(19)38-27(28)29/h4-7,12-14,16-17,27H,3,8-11,15H2,1-2H3,(H2,30,36). The number of aromatic nitrogens is 3. The molecule has 1 aromatic carbocycles. The van der Waals surface area contributed by atoms with Crippen molar-refractivity contribution in [2.24, 2.45) is 5.73 Å². The van der Waals surface area contributed by atoms with Gasteiger partial charge < -0.3 is 20.1 Å². The van der Waals surface area contributed by atoms with Gasteiger partial charge in [-0.2, -0.15) is 8.78 Å². The van der Waals surface area contributed by atoms with Crippen molar-refractivity contribution in [1.82, 2.24) is 24.3 Å². The number of rotatable bonds is 10. The summed E-state index contributed by atoms with van der Waals surface area (Å²) in [6.07, 6.45) is 2.74. The maximum absolute atomic E-state index is 12.9. The fourth-order valence-corrected chi connectivity index (χ4v) is 5.65. The van der Waals surface area contributed by atoms with Gasteiger partial charge in [-0.05, 0) is 25.6 Å². The molecule has 1 amide bonds. The van der Waals surface area contributed by atoms with E-state index in [2.05, 4.69) is 31.4 Å². The van der Waals surface area contributed by atoms with E-state index in [1.54, 1.807) is 43.7 Å². The molecule has 4 aromatic rings. The van der Waals surface area contributed by atoms with E-state index in [4.69, 9.17) is 10.5 Å². The number of hydrogen-bond donors (Lipinski definition) is 1. The summed E-state index contributed by atoms with van der Waals surface area (Å²) in [5.74, 6) is -0.386. The van der Waals surface area contributed by atoms with E-state index in [0.717, 1.165) is 56.0 Å². The number of halogens is 2. The molecule has 0 spiro atoms. The van der Waals surface area contributed by atoms with E-state index in [1.165, 1.54) is 17.4 Å². The number of amides is 1. The van der Waals surface area contributed by atoms with Crippen LogP contribution in [0.1, 0.15) is 40.9 Å². The molecular weight excluding hydrogens is 526 g/mol. The number of primary amides is 1. The van der Waals surface area contributed by atoms with Crippen molar-refractivity contribution in [3.8, 4) is 16.5 Å². The number of hydrogen-bond acceptors (Lipinski definition) is 8. The molecule has 5 rings (SSSR count). The van der Waals surface area contributed by atoms with Crippen LogP contribution in [0, 0.1) is 0 Å². The van der Waals surface area contributed by atoms with Gasteiger partial charge in [0.15, 0.2) is 0 Å². The molecule has 9 nitrogen and oxygen atoms in total. The van der Waals surface area contributed by atoms with Gasteiger partial charge in [0.05, 0.1) is 17.4 Å². The first-order valence-electron chi connectivity index (χ1n) is 12.7. The third-order valence-corrected chi connectivity index (χ3v) is 7.94. The Kier molecular flexibility index (Phi) is 8.05. The number of carbonyl (C=O) groups excluding carboxylic acids is 1. The number of benzene rings is 1. The summed E-state index contributed by atoms with van der Waals surface area (Å²) in [6.45, 7) is 6.77. The maximum Gasteiger partial charge on any atom is 0.387 e. The van der Waals surface area contributed by atoms with Gasteiger partial charge in [-0.3, -0.25) is 19.2 Å². The topological polar surface area (TPSA) is 98.7 Å². The minimum atomic E-state index is -2.97. The van der Waals surface area contributed by atoms with Crippen LogP contribution in [0.15, 0.2) is 48.9 Å². The number of piperazine rings is 1. The number of fused-ring (bicyclic) bond motifs is 1. The number of imidazole rings is 1. The number of nitrogens with zero attached hydrogens (tertiary/aromatic N) is 5. The Bertz CT molecular complexity index is 1450. The van der Waals surface area contributed by atoms with Crippen molar-refractivity contribution >= 4 is 28.3 Å². The van der Waals surface area contributed by atoms with Gasteiger partial charge in [0, 0.05) is 44.4 Å². The van der Waals surface area contributed by atoms with Gasteiger partial charge in [0.1, 0.15) is 39.3 Å². The summed E-state index contributed by atoms with van der Waals surface area (Å²) in [5, 5.41) is 0.680. The lowest BCUT2D eigenvalue weighted by Crippen LogP contribution is -2.45. The maximum atomic E-state index is 12.9. The Morgan fingerprint density at radius 3 is 2.54 bits per heavy atom. The zero-order valence-corrected chi connectivity index (χ0v) is 22.5. The number of alkyl halides is 2. The molecule has 0 bridgehead atoms. The van der Waals surface area contributed by atoms with E-state index in [0.29, 0.717) is 10.6 Å². The number of para-hydroxylation sites is 1. The van der Waals surface area contributed by atoms with Gasteiger partial charge in [-0.15, -0.1) is 11.3 Å². The van der Waals surface area contributed by atoms with Crippen molar-refractivity contribution in [3.63, 3.8) is 0 Å². The molecule has 0 radical (unpaired) electrons. The Labute approximate surface area is 228 Å². The Morgan fingerprint density at radius 1 is 1.08 bits per heavy atom. The van der Waals surface area contributed by atoms with Crippen molar-refractivity contribution in [2.45, 2.75) is 33.1 Å². The molecule has 0 aliphatic carbocycles. The zero-order chi connectivity index (χ0) is 27.5. The second kappa shape index (κ2) is 11.6. The van der Waals surface area contributed by atoms with Crippen molar-refractivity contribution in [3.05, 3.63) is 65.1 Å². The van der Waals surface area contributed by atoms with E-state index in [1.807, 2.05) is 10.6 Å². The molecule has 206 valence electrons. The lowest BCUT2D eigenvalue weighted by atomic mass is 10.1. The van der Waals surface area contributed by atoms with Crippen LogP contribution in [0.2, 0.25) is 0 Å². The highest BCUT2D eigenvalue weighted by atomic mass is 32.1. The van der Waals surface area contributed by atoms with Gasteiger partial charge in [0.25, 0.3) is 5.91 Å². The molecule has 4 heterocycles. The first-order valence-corrected chi connectivity index (χ1v) is 13.5. The van der Waals surface area contributed by atoms with Crippen LogP contribution in [-0.2, 0) is 6.54 Å². The van der Waals surface area contributed by atoms with Crippen LogP contribution < -0.4 is 15.2 Å². The number of carbonyl (C=O) groups is 1. The van der Waals surface area contributed by atoms with Crippen molar-refractivity contribution in [1.29, 1.82) is 0 Å². The molecular formula is C27H30F2N6O3S. The molecule has 39 heavy (non-hydrogen) atoms. The molecule has 1 aliphatic rings. The second-order valence-electron chi connectivity index (χ2n) is 9.31. The number of pyridine rings is 1. The number of thiophene rings is 1. The predicted molar refractivity (Wildman–Crippen MR) is 145 cm³/mol. The predicted octanol–water partition coefficient (Wildman–Crippen LogP) is 4.46. The average Bonchev–Trinajstić information content (AvgIpc) is 3.53. The summed E-state index contributed by atoms with van der Waals surface area (Å²) in [5.41, 5.74) is 8.60. The summed E-state index contributed by atoms with van der Waals surface area (Å²) in [4.78, 5) is 26.4. The van der Waals surface area contributed by atoms with Gasteiger partial charge >= 0.3 is 6.61 Å². The van der Waals surface area contributed by atoms with Crippen LogP contribution >= 0.6 is 11.3 Å². The lowest BCUT2D eigenvalue weighted by molar-refractivity contribution is -0.0512. The number of likely N-dealkylation sites (N-methyl/N-ethyl adjacent to an activating group) is 1. The molecule has 12 heteroatoms. The first kappa shape index (κ1) is 27.0. The Morgan fingerprint density at radius 2 is 1.82 bits per heavy atom. The van der Waals surface area contributed by atoms with Gasteiger partial charge in [0.2, 0.25) is 0 Å². The molecule has 3 aromatic heterocycles. The van der Waals surface area contributed by atoms with Crippen LogP contribution in [-0.4, -0.2) is 69.6 Å². The Hall–Kier alpha value is -3.61. The molecule has 1 aliphatic heterocycles. The van der Waals surface area contributed by atoms with Crippen LogP contribution in [0.5, 0.6) is 11.5 Å². The van der Waals surface area contributed by atoms with E-state index >= 15 is 0 Å². The molecule has 1 fully saturated rings. The highest BCUT2D eigenvalue weighted by molar-refractivity contribution is 7.16. The van der Waals surface area contributed by atoms with Crippen molar-refractivity contribution in [2.75, 3.05) is 32.7 Å². The van der Waals surface area contributed by atoms with Crippen molar-refractivity contribution < 1.29 is 23.0 Å². The normalized spacial score (nSPS) is 15.6. The second-order valence-corrected chi connectivity index (χ2v) is 10.3. The van der Waals surface area contributed by atoms with Crippen LogP contribution in [0.3, 0.4) is 0 Å². The molecule has 2 N–H and O–H groups in total. The van der Waals surface area contributed by atoms with Crippen LogP contribution in [0.25, 0.3) is 16.0 Å². The lowest BCUT2D eigenvalue weighted by Gasteiger charge is -2.33. The quantitative estimate of drug-likeness (QED) is 0.308. The zero-order valence-electron chi connectivity index (χ0n) is 21.7. The summed E-state index contributed by atoms with van der Waals surface area (Å²) in [6, 6.07) is 10.1. The van der Waals surface area contributed by atoms with Gasteiger partial charge in [-0.25, -0.2) is 4.98 Å². The number of ether oxygens (including phenoxy) is 2. The monoisotopic (exact) mass is 556 g/mol. The fraction of sp³-hybridized carbons (Fsp3) is 0.370. The smallest absolute Gasteiger partial charge is 0.387 e. The molecule has 0 saturated carbocycles. The summed E-state index contributed by atoms with van der Waals surface area (Å²) >= 11 is 1.17. The summed E-state index contributed by atoms with van der Waals surface area (Å²) in [7, 11) is 0. The third kappa shape index (κ3) is 6.02. The Balaban J connectivity index is 1.41. The minimum Gasteiger partial charge on any atom is -0.484 e. The summed E-state index contributed by atoms with van der Waals surface area (Å²) < 4.78 is 38.4. The van der Waals surface area contributed by atoms with E-state index < -0.39 is 18.6 Å². The average molecular weight is 557 g/mol. The van der Waals surface area contributed by atoms with E-state index in [9.17, 15) is 13.6 Å². The highest BCUT2D eigenvalue weighted by Gasteiger charge is 2.23. The number of nitrogens with two attached hydrogens (primary N) is 1. The third-order valence-electron chi connectivity index (χ3n) is 6.81. The first-order chi connectivity index (χ1) is 18.8.